The molecule has 0 unspecified atom stereocenters. The van der Waals surface area contributed by atoms with Gasteiger partial charge in [-0.3, -0.25) is 4.79 Å². The van der Waals surface area contributed by atoms with Gasteiger partial charge in [-0.1, -0.05) is 70.6 Å². The van der Waals surface area contributed by atoms with Crippen LogP contribution in [0.15, 0.2) is 29.3 Å². The smallest absolute Gasteiger partial charge is 0.222 e. The van der Waals surface area contributed by atoms with Crippen LogP contribution in [-0.2, 0) is 4.79 Å². The molecule has 1 rings (SSSR count). The fourth-order valence-electron chi connectivity index (χ4n) is 4.53. The van der Waals surface area contributed by atoms with Crippen molar-refractivity contribution in [3.63, 3.8) is 0 Å². The monoisotopic (exact) mass is 532 g/mol. The summed E-state index contributed by atoms with van der Waals surface area (Å²) in [6, 6.07) is 7.50. The van der Waals surface area contributed by atoms with Crippen LogP contribution in [0.5, 0.6) is 5.75 Å². The van der Waals surface area contributed by atoms with Crippen molar-refractivity contribution in [3.05, 3.63) is 24.3 Å². The van der Waals surface area contributed by atoms with Gasteiger partial charge in [-0.25, -0.2) is 4.99 Å². The van der Waals surface area contributed by atoms with E-state index in [0.717, 1.165) is 69.7 Å². The van der Waals surface area contributed by atoms with Crippen molar-refractivity contribution in [1.82, 2.24) is 4.90 Å². The maximum atomic E-state index is 12.5. The van der Waals surface area contributed by atoms with E-state index in [1.54, 1.807) is 0 Å². The minimum Gasteiger partial charge on any atom is -0.494 e. The average molecular weight is 533 g/mol. The summed E-state index contributed by atoms with van der Waals surface area (Å²) >= 11 is 0. The van der Waals surface area contributed by atoms with E-state index in [9.17, 15) is 4.79 Å². The Morgan fingerprint density at radius 1 is 0.658 bits per heavy atom. The molecule has 0 fully saturated rings. The Morgan fingerprint density at radius 3 is 1.68 bits per heavy atom. The van der Waals surface area contributed by atoms with E-state index in [2.05, 4.69) is 4.99 Å². The largest absolute Gasteiger partial charge is 0.494 e. The van der Waals surface area contributed by atoms with Crippen LogP contribution in [0.2, 0.25) is 0 Å². The first-order chi connectivity index (χ1) is 18.6. The number of unbranched alkanes of at least 4 members (excludes halogenated alkanes) is 13. The summed E-state index contributed by atoms with van der Waals surface area (Å²) in [5.74, 6) is 1.21. The molecule has 8 heteroatoms. The second-order valence-electron chi connectivity index (χ2n) is 10.2. The van der Waals surface area contributed by atoms with Gasteiger partial charge in [0.1, 0.15) is 5.75 Å². The summed E-state index contributed by atoms with van der Waals surface area (Å²) in [5, 5.41) is 0. The van der Waals surface area contributed by atoms with Gasteiger partial charge >= 0.3 is 0 Å². The van der Waals surface area contributed by atoms with Crippen LogP contribution in [0.3, 0.4) is 0 Å². The van der Waals surface area contributed by atoms with E-state index in [1.165, 1.54) is 64.2 Å². The van der Waals surface area contributed by atoms with Crippen LogP contribution in [0.4, 0.5) is 5.69 Å². The summed E-state index contributed by atoms with van der Waals surface area (Å²) in [6.07, 6.45) is 19.8. The zero-order valence-corrected chi connectivity index (χ0v) is 23.9. The maximum Gasteiger partial charge on any atom is 0.222 e. The molecule has 1 aromatic rings. The number of carbonyl (C=O) groups is 1. The van der Waals surface area contributed by atoms with Crippen molar-refractivity contribution in [1.29, 1.82) is 0 Å². The Balaban J connectivity index is 1.89. The molecule has 0 bridgehead atoms. The summed E-state index contributed by atoms with van der Waals surface area (Å²) in [4.78, 5) is 18.5. The second-order valence-corrected chi connectivity index (χ2v) is 10.2. The second kappa shape index (κ2) is 23.8. The van der Waals surface area contributed by atoms with Gasteiger partial charge in [0.2, 0.25) is 5.91 Å². The molecule has 1 amide bonds. The fourth-order valence-corrected chi connectivity index (χ4v) is 4.53. The highest BCUT2D eigenvalue weighted by atomic mass is 16.5. The molecule has 0 atom stereocenters. The van der Waals surface area contributed by atoms with Crippen molar-refractivity contribution in [3.8, 4) is 5.75 Å². The van der Waals surface area contributed by atoms with Gasteiger partial charge in [-0.2, -0.15) is 0 Å². The topological polar surface area (TPSA) is 146 Å². The fraction of sp³-hybridized carbons (Fsp3) is 0.733. The lowest BCUT2D eigenvalue weighted by molar-refractivity contribution is -0.131. The van der Waals surface area contributed by atoms with Gasteiger partial charge in [0.25, 0.3) is 0 Å². The van der Waals surface area contributed by atoms with Crippen molar-refractivity contribution in [2.75, 3.05) is 32.8 Å². The lowest BCUT2D eigenvalue weighted by Crippen LogP contribution is -2.34. The molecule has 0 aliphatic rings. The third-order valence-electron chi connectivity index (χ3n) is 6.77. The SMILES string of the molecule is NCCCCN(CCCN)C(=O)CCCCCCCCCCCCCCCOc1ccc(N=C(N)N)cc1. The highest BCUT2D eigenvalue weighted by Crippen LogP contribution is 2.18. The number of aliphatic imine (C=N–C) groups is 1. The Hall–Kier alpha value is -2.32. The van der Waals surface area contributed by atoms with Crippen molar-refractivity contribution >= 4 is 17.6 Å². The van der Waals surface area contributed by atoms with Crippen LogP contribution in [0, 0.1) is 0 Å². The maximum absolute atomic E-state index is 12.5. The van der Waals surface area contributed by atoms with Crippen LogP contribution < -0.4 is 27.7 Å². The van der Waals surface area contributed by atoms with Crippen LogP contribution in [0.25, 0.3) is 0 Å². The van der Waals surface area contributed by atoms with E-state index in [0.29, 0.717) is 25.4 Å². The number of hydrogen-bond donors (Lipinski definition) is 4. The predicted octanol–water partition coefficient (Wildman–Crippen LogP) is 5.35. The zero-order chi connectivity index (χ0) is 27.7. The van der Waals surface area contributed by atoms with Gasteiger partial charge in [0, 0.05) is 19.5 Å². The highest BCUT2D eigenvalue weighted by molar-refractivity contribution is 5.79. The number of guanidine groups is 1. The van der Waals surface area contributed by atoms with E-state index < -0.39 is 0 Å². The Kier molecular flexibility index (Phi) is 21.1. The third kappa shape index (κ3) is 18.9. The van der Waals surface area contributed by atoms with Crippen LogP contribution in [0.1, 0.15) is 109 Å². The van der Waals surface area contributed by atoms with Crippen LogP contribution >= 0.6 is 0 Å². The standard InChI is InChI=1S/C30H56N6O2/c31-22-13-14-24-36(25-16-23-32)29(37)17-12-10-8-6-4-2-1-3-5-7-9-11-15-26-38-28-20-18-27(19-21-28)35-30(33)34/h18-21H,1-17,22-26,31-32H2,(H4,33,34,35). The first kappa shape index (κ1) is 33.7. The Labute approximate surface area is 231 Å². The van der Waals surface area contributed by atoms with E-state index in [4.69, 9.17) is 27.7 Å². The summed E-state index contributed by atoms with van der Waals surface area (Å²) in [7, 11) is 0. The van der Waals surface area contributed by atoms with Crippen molar-refractivity contribution in [2.24, 2.45) is 27.9 Å². The predicted molar refractivity (Wildman–Crippen MR) is 161 cm³/mol. The van der Waals surface area contributed by atoms with Gasteiger partial charge < -0.3 is 32.6 Å². The summed E-state index contributed by atoms with van der Waals surface area (Å²) in [6.45, 7) is 3.68. The van der Waals surface area contributed by atoms with Crippen molar-refractivity contribution in [2.45, 2.75) is 109 Å². The molecule has 0 aliphatic heterocycles. The molecule has 218 valence electrons. The molecular formula is C30H56N6O2. The number of benzene rings is 1. The number of rotatable bonds is 25. The molecule has 0 aliphatic carbocycles. The first-order valence-corrected chi connectivity index (χ1v) is 15.1. The number of nitrogens with zero attached hydrogens (tertiary/aromatic N) is 2. The lowest BCUT2D eigenvalue weighted by atomic mass is 10.0. The highest BCUT2D eigenvalue weighted by Gasteiger charge is 2.12. The van der Waals surface area contributed by atoms with Gasteiger partial charge in [-0.15, -0.1) is 0 Å². The minimum absolute atomic E-state index is 0.0618. The minimum atomic E-state index is 0.0618. The normalized spacial score (nSPS) is 10.9. The Bertz CT molecular complexity index is 722. The van der Waals surface area contributed by atoms with Gasteiger partial charge in [0.05, 0.1) is 12.3 Å². The van der Waals surface area contributed by atoms with Crippen LogP contribution in [-0.4, -0.2) is 49.6 Å². The lowest BCUT2D eigenvalue weighted by Gasteiger charge is -2.22. The molecule has 8 N–H and O–H groups in total. The molecule has 0 saturated heterocycles. The number of ether oxygens (including phenoxy) is 1. The first-order valence-electron chi connectivity index (χ1n) is 15.1. The number of amides is 1. The number of carbonyl (C=O) groups excluding carboxylic acids is 1. The summed E-state index contributed by atoms with van der Waals surface area (Å²) < 4.78 is 5.79. The average Bonchev–Trinajstić information content (AvgIpc) is 2.90. The zero-order valence-electron chi connectivity index (χ0n) is 23.9. The quantitative estimate of drug-likeness (QED) is 0.0758. The molecule has 1 aromatic carbocycles. The number of hydrogen-bond acceptors (Lipinski definition) is 5. The molecule has 0 heterocycles. The molecule has 0 radical (unpaired) electrons. The van der Waals surface area contributed by atoms with Crippen molar-refractivity contribution < 1.29 is 9.53 Å². The molecule has 0 aromatic heterocycles. The molecule has 8 nitrogen and oxygen atoms in total. The van der Waals surface area contributed by atoms with E-state index in [-0.39, 0.29) is 5.96 Å². The molecular weight excluding hydrogens is 476 g/mol. The molecule has 0 spiro atoms. The van der Waals surface area contributed by atoms with Gasteiger partial charge in [0.15, 0.2) is 5.96 Å². The molecule has 38 heavy (non-hydrogen) atoms. The number of nitrogens with two attached hydrogens (primary N) is 4. The third-order valence-corrected chi connectivity index (χ3v) is 6.77. The van der Waals surface area contributed by atoms with E-state index >= 15 is 0 Å². The molecule has 0 saturated carbocycles. The van der Waals surface area contributed by atoms with Gasteiger partial charge in [-0.05, 0) is 69.5 Å². The Morgan fingerprint density at radius 2 is 1.16 bits per heavy atom. The van der Waals surface area contributed by atoms with E-state index in [1.807, 2.05) is 29.2 Å². The summed E-state index contributed by atoms with van der Waals surface area (Å²) in [5.41, 5.74) is 22.7.